The second-order valence-corrected chi connectivity index (χ2v) is 6.38. The molecule has 0 aromatic heterocycles. The molecule has 0 aliphatic heterocycles. The van der Waals surface area contributed by atoms with Crippen LogP contribution < -0.4 is 5.32 Å². The Labute approximate surface area is 125 Å². The normalized spacial score (nSPS) is 13.9. The van der Waals surface area contributed by atoms with Crippen LogP contribution in [0.1, 0.15) is 12.5 Å². The number of anilines is 1. The van der Waals surface area contributed by atoms with Crippen LogP contribution in [0.15, 0.2) is 16.6 Å². The van der Waals surface area contributed by atoms with E-state index < -0.39 is 10.5 Å². The molecule has 0 saturated carbocycles. The Kier molecular flexibility index (Phi) is 5.64. The molecule has 5 nitrogen and oxygen atoms in total. The summed E-state index contributed by atoms with van der Waals surface area (Å²) in [6.45, 7) is 3.82. The first-order valence-electron chi connectivity index (χ1n) is 5.66. The van der Waals surface area contributed by atoms with E-state index in [2.05, 4.69) is 21.2 Å². The molecule has 1 atom stereocenters. The standard InChI is InChI=1S/C12H17BrN2O3S/c1-8-4-10(9(13)5-11(8)15(17)18)14-6-12(2,16)7-19-3/h4-5,14,16H,6-7H2,1-3H3. The number of aryl methyl sites for hydroxylation is 1. The molecule has 0 fully saturated rings. The minimum absolute atomic E-state index is 0.0771. The Morgan fingerprint density at radius 1 is 1.58 bits per heavy atom. The van der Waals surface area contributed by atoms with Gasteiger partial charge in [0, 0.05) is 34.1 Å². The number of thioether (sulfide) groups is 1. The molecule has 2 N–H and O–H groups in total. The quantitative estimate of drug-likeness (QED) is 0.609. The second-order valence-electron chi connectivity index (χ2n) is 4.66. The first-order valence-corrected chi connectivity index (χ1v) is 7.85. The Morgan fingerprint density at radius 2 is 2.21 bits per heavy atom. The Morgan fingerprint density at radius 3 is 2.74 bits per heavy atom. The number of nitro benzene ring substituents is 1. The number of rotatable bonds is 6. The lowest BCUT2D eigenvalue weighted by molar-refractivity contribution is -0.385. The molecule has 1 rings (SSSR count). The van der Waals surface area contributed by atoms with Crippen molar-refractivity contribution in [3.05, 3.63) is 32.3 Å². The topological polar surface area (TPSA) is 75.4 Å². The van der Waals surface area contributed by atoms with Gasteiger partial charge in [0.2, 0.25) is 0 Å². The van der Waals surface area contributed by atoms with Crippen LogP contribution in [-0.2, 0) is 0 Å². The van der Waals surface area contributed by atoms with Gasteiger partial charge >= 0.3 is 0 Å². The maximum atomic E-state index is 10.8. The number of hydrogen-bond donors (Lipinski definition) is 2. The molecule has 19 heavy (non-hydrogen) atoms. The number of halogens is 1. The number of nitrogens with zero attached hydrogens (tertiary/aromatic N) is 1. The molecule has 106 valence electrons. The summed E-state index contributed by atoms with van der Waals surface area (Å²) in [5, 5.41) is 24.0. The average Bonchev–Trinajstić information content (AvgIpc) is 2.29. The summed E-state index contributed by atoms with van der Waals surface area (Å²) in [4.78, 5) is 10.4. The van der Waals surface area contributed by atoms with E-state index >= 15 is 0 Å². The highest BCUT2D eigenvalue weighted by Gasteiger charge is 2.20. The zero-order valence-corrected chi connectivity index (χ0v) is 13.5. The fourth-order valence-electron chi connectivity index (χ4n) is 1.65. The lowest BCUT2D eigenvalue weighted by atomic mass is 10.1. The van der Waals surface area contributed by atoms with Crippen molar-refractivity contribution in [3.63, 3.8) is 0 Å². The molecule has 0 radical (unpaired) electrons. The summed E-state index contributed by atoms with van der Waals surface area (Å²) in [6, 6.07) is 3.18. The Balaban J connectivity index is 2.86. The third kappa shape index (κ3) is 4.67. The van der Waals surface area contributed by atoms with Gasteiger partial charge in [-0.15, -0.1) is 0 Å². The van der Waals surface area contributed by atoms with Gasteiger partial charge in [0.25, 0.3) is 5.69 Å². The van der Waals surface area contributed by atoms with Crippen molar-refractivity contribution in [2.45, 2.75) is 19.4 Å². The third-order valence-corrected chi connectivity index (χ3v) is 4.16. The van der Waals surface area contributed by atoms with Gasteiger partial charge in [-0.25, -0.2) is 0 Å². The number of nitro groups is 1. The van der Waals surface area contributed by atoms with Crippen LogP contribution in [0.4, 0.5) is 11.4 Å². The fourth-order valence-corrected chi connectivity index (χ4v) is 2.85. The zero-order chi connectivity index (χ0) is 14.6. The summed E-state index contributed by atoms with van der Waals surface area (Å²) in [6.07, 6.45) is 1.93. The molecule has 0 aliphatic rings. The van der Waals surface area contributed by atoms with E-state index in [1.54, 1.807) is 31.7 Å². The van der Waals surface area contributed by atoms with E-state index in [1.807, 2.05) is 6.26 Å². The summed E-state index contributed by atoms with van der Waals surface area (Å²) in [7, 11) is 0. The number of benzene rings is 1. The molecule has 0 aliphatic carbocycles. The molecule has 1 aromatic rings. The van der Waals surface area contributed by atoms with Gasteiger partial charge in [-0.05, 0) is 42.1 Å². The van der Waals surface area contributed by atoms with Crippen LogP contribution in [0.5, 0.6) is 0 Å². The smallest absolute Gasteiger partial charge is 0.273 e. The SMILES string of the molecule is CSCC(C)(O)CNc1cc(C)c([N+](=O)[O-])cc1Br. The molecular weight excluding hydrogens is 332 g/mol. The maximum Gasteiger partial charge on any atom is 0.273 e. The van der Waals surface area contributed by atoms with Gasteiger partial charge in [0.15, 0.2) is 0 Å². The summed E-state index contributed by atoms with van der Waals surface area (Å²) < 4.78 is 0.616. The van der Waals surface area contributed by atoms with Crippen molar-refractivity contribution in [2.24, 2.45) is 0 Å². The molecule has 7 heteroatoms. The van der Waals surface area contributed by atoms with Crippen molar-refractivity contribution in [3.8, 4) is 0 Å². The molecule has 0 spiro atoms. The van der Waals surface area contributed by atoms with Crippen molar-refractivity contribution >= 4 is 39.1 Å². The van der Waals surface area contributed by atoms with E-state index in [9.17, 15) is 15.2 Å². The highest BCUT2D eigenvalue weighted by Crippen LogP contribution is 2.31. The summed E-state index contributed by atoms with van der Waals surface area (Å²) in [5.41, 5.74) is 0.576. The molecular formula is C12H17BrN2O3S. The molecule has 0 amide bonds. The summed E-state index contributed by atoms with van der Waals surface area (Å²) in [5.74, 6) is 0.615. The maximum absolute atomic E-state index is 10.8. The zero-order valence-electron chi connectivity index (χ0n) is 11.1. The monoisotopic (exact) mass is 348 g/mol. The second kappa shape index (κ2) is 6.58. The number of nitrogens with one attached hydrogen (secondary N) is 1. The van der Waals surface area contributed by atoms with E-state index in [1.165, 1.54) is 6.07 Å². The van der Waals surface area contributed by atoms with Crippen LogP contribution in [0.3, 0.4) is 0 Å². The highest BCUT2D eigenvalue weighted by atomic mass is 79.9. The summed E-state index contributed by atoms with van der Waals surface area (Å²) >= 11 is 4.87. The van der Waals surface area contributed by atoms with Crippen LogP contribution in [0, 0.1) is 17.0 Å². The van der Waals surface area contributed by atoms with E-state index in [-0.39, 0.29) is 5.69 Å². The fraction of sp³-hybridized carbons (Fsp3) is 0.500. The molecule has 0 bridgehead atoms. The predicted molar refractivity (Wildman–Crippen MR) is 83.0 cm³/mol. The van der Waals surface area contributed by atoms with Crippen LogP contribution >= 0.6 is 27.7 Å². The van der Waals surface area contributed by atoms with Crippen molar-refractivity contribution < 1.29 is 10.0 Å². The van der Waals surface area contributed by atoms with E-state index in [0.29, 0.717) is 22.3 Å². The van der Waals surface area contributed by atoms with Crippen LogP contribution in [0.2, 0.25) is 0 Å². The van der Waals surface area contributed by atoms with E-state index in [4.69, 9.17) is 0 Å². The lowest BCUT2D eigenvalue weighted by Gasteiger charge is -2.23. The van der Waals surface area contributed by atoms with Crippen molar-refractivity contribution in [1.29, 1.82) is 0 Å². The highest BCUT2D eigenvalue weighted by molar-refractivity contribution is 9.10. The van der Waals surface area contributed by atoms with Crippen LogP contribution in [-0.4, -0.2) is 34.2 Å². The lowest BCUT2D eigenvalue weighted by Crippen LogP contribution is -2.36. The van der Waals surface area contributed by atoms with Crippen molar-refractivity contribution in [1.82, 2.24) is 0 Å². The third-order valence-electron chi connectivity index (χ3n) is 2.60. The van der Waals surface area contributed by atoms with Gasteiger partial charge < -0.3 is 10.4 Å². The average molecular weight is 349 g/mol. The first-order chi connectivity index (χ1) is 8.76. The largest absolute Gasteiger partial charge is 0.387 e. The van der Waals surface area contributed by atoms with Gasteiger partial charge in [-0.1, -0.05) is 0 Å². The molecule has 0 saturated heterocycles. The molecule has 1 unspecified atom stereocenters. The molecule has 1 aromatic carbocycles. The van der Waals surface area contributed by atoms with Gasteiger partial charge in [0.05, 0.1) is 10.5 Å². The van der Waals surface area contributed by atoms with Gasteiger partial charge in [-0.2, -0.15) is 11.8 Å². The minimum Gasteiger partial charge on any atom is -0.387 e. The Hall–Kier alpha value is -0.790. The van der Waals surface area contributed by atoms with Gasteiger partial charge in [0.1, 0.15) is 0 Å². The van der Waals surface area contributed by atoms with Crippen molar-refractivity contribution in [2.75, 3.05) is 23.9 Å². The molecule has 0 heterocycles. The van der Waals surface area contributed by atoms with E-state index in [0.717, 1.165) is 5.69 Å². The Bertz CT molecular complexity index is 480. The predicted octanol–water partition coefficient (Wildman–Crippen LogP) is 3.19. The van der Waals surface area contributed by atoms with Gasteiger partial charge in [-0.3, -0.25) is 10.1 Å². The van der Waals surface area contributed by atoms with Crippen LogP contribution in [0.25, 0.3) is 0 Å². The number of hydrogen-bond acceptors (Lipinski definition) is 5. The minimum atomic E-state index is -0.825. The number of aliphatic hydroxyl groups is 1. The first kappa shape index (κ1) is 16.3.